The van der Waals surface area contributed by atoms with Gasteiger partial charge in [0.1, 0.15) is 0 Å². The predicted octanol–water partition coefficient (Wildman–Crippen LogP) is 8.66. The average Bonchev–Trinajstić information content (AvgIpc) is 2.80. The zero-order chi connectivity index (χ0) is 24.7. The van der Waals surface area contributed by atoms with Crippen LogP contribution in [0.3, 0.4) is 0 Å². The van der Waals surface area contributed by atoms with Crippen molar-refractivity contribution in [3.05, 3.63) is 0 Å². The Kier molecular flexibility index (Phi) is 16.7. The van der Waals surface area contributed by atoms with Gasteiger partial charge in [0.15, 0.2) is 10.1 Å². The molecular formula is C24H44F3O3PPdS. The Bertz CT molecular complexity index is 539. The van der Waals surface area contributed by atoms with Crippen molar-refractivity contribution in [2.75, 3.05) is 0 Å². The second-order valence-corrected chi connectivity index (χ2v) is 14.8. The summed E-state index contributed by atoms with van der Waals surface area (Å²) in [6.45, 7) is 2.22. The topological polar surface area (TPSA) is 57.2 Å². The van der Waals surface area contributed by atoms with E-state index in [-0.39, 0.29) is 0 Å². The van der Waals surface area contributed by atoms with Gasteiger partial charge in [0.25, 0.3) is 0 Å². The van der Waals surface area contributed by atoms with Crippen molar-refractivity contribution in [3.63, 3.8) is 0 Å². The van der Waals surface area contributed by atoms with Crippen LogP contribution in [-0.2, 0) is 29.3 Å². The fourth-order valence-corrected chi connectivity index (χ4v) is 10.4. The van der Waals surface area contributed by atoms with Crippen molar-refractivity contribution < 1.29 is 45.3 Å². The second-order valence-electron chi connectivity index (χ2n) is 9.59. The van der Waals surface area contributed by atoms with E-state index in [1.165, 1.54) is 60.4 Å². The molecule has 0 amide bonds. The molecule has 9 heteroatoms. The molecule has 200 valence electrons. The van der Waals surface area contributed by atoms with E-state index in [4.69, 9.17) is 13.0 Å². The quantitative estimate of drug-likeness (QED) is 0.0999. The summed E-state index contributed by atoms with van der Waals surface area (Å²) in [5, 5.41) is 0. The minimum absolute atomic E-state index is 0.385. The van der Waals surface area contributed by atoms with Crippen LogP contribution in [0.4, 0.5) is 13.2 Å². The molecule has 0 aromatic heterocycles. The minimum Gasteiger partial charge on any atom is -0.741 e. The van der Waals surface area contributed by atoms with Gasteiger partial charge in [0, 0.05) is 0 Å². The van der Waals surface area contributed by atoms with Gasteiger partial charge in [-0.2, -0.15) is 13.2 Å². The van der Waals surface area contributed by atoms with E-state index in [1.807, 2.05) is 0 Å². The van der Waals surface area contributed by atoms with Crippen LogP contribution in [0.5, 0.6) is 0 Å². The van der Waals surface area contributed by atoms with Gasteiger partial charge in [-0.05, 0) is 55.5 Å². The monoisotopic (exact) mass is 606 g/mol. The number of hydrogen-bond acceptors (Lipinski definition) is 3. The first-order valence-corrected chi connectivity index (χ1v) is 17.0. The molecule has 0 aromatic carbocycles. The third-order valence-electron chi connectivity index (χ3n) is 6.99. The SMILES string of the molecule is C1CCC(P(C2CCCCC2)C2CCCCC2)CC1.CCCC[CH2][Pd+].O=S(=O)([O-])C(F)(F)F. The van der Waals surface area contributed by atoms with E-state index in [0.29, 0.717) is 7.92 Å². The van der Waals surface area contributed by atoms with Gasteiger partial charge in [0.05, 0.1) is 0 Å². The van der Waals surface area contributed by atoms with Crippen LogP contribution in [0.25, 0.3) is 0 Å². The van der Waals surface area contributed by atoms with Crippen molar-refractivity contribution in [3.8, 4) is 0 Å². The van der Waals surface area contributed by atoms with Gasteiger partial charge < -0.3 is 4.55 Å². The number of alkyl halides is 3. The molecule has 0 unspecified atom stereocenters. The van der Waals surface area contributed by atoms with Crippen LogP contribution in [0.2, 0.25) is 4.89 Å². The summed E-state index contributed by atoms with van der Waals surface area (Å²) in [6, 6.07) is 0. The second kappa shape index (κ2) is 17.3. The average molecular weight is 607 g/mol. The van der Waals surface area contributed by atoms with Gasteiger partial charge in [-0.25, -0.2) is 8.42 Å². The van der Waals surface area contributed by atoms with Crippen LogP contribution < -0.4 is 0 Å². The normalized spacial score (nSPS) is 21.7. The van der Waals surface area contributed by atoms with E-state index < -0.39 is 15.6 Å². The smallest absolute Gasteiger partial charge is 0.485 e. The molecular weight excluding hydrogens is 563 g/mol. The van der Waals surface area contributed by atoms with Gasteiger partial charge in [-0.3, -0.25) is 0 Å². The van der Waals surface area contributed by atoms with Gasteiger partial charge in [0.2, 0.25) is 0 Å². The van der Waals surface area contributed by atoms with E-state index in [1.54, 1.807) is 77.0 Å². The van der Waals surface area contributed by atoms with Crippen LogP contribution >= 0.6 is 7.92 Å². The summed E-state index contributed by atoms with van der Waals surface area (Å²) < 4.78 is 58.9. The number of rotatable bonds is 6. The summed E-state index contributed by atoms with van der Waals surface area (Å²) >= 11 is 3.13. The Balaban J connectivity index is 0.000000324. The fraction of sp³-hybridized carbons (Fsp3) is 1.00. The van der Waals surface area contributed by atoms with Gasteiger partial charge >= 0.3 is 55.8 Å². The van der Waals surface area contributed by atoms with E-state index in [2.05, 4.69) is 26.1 Å². The molecule has 0 heterocycles. The van der Waals surface area contributed by atoms with Crippen molar-refractivity contribution in [1.29, 1.82) is 0 Å². The molecule has 0 radical (unpaired) electrons. The molecule has 3 saturated carbocycles. The molecule has 0 spiro atoms. The molecule has 3 aliphatic carbocycles. The van der Waals surface area contributed by atoms with Crippen LogP contribution in [0.1, 0.15) is 122 Å². The van der Waals surface area contributed by atoms with Gasteiger partial charge in [-0.15, -0.1) is 0 Å². The van der Waals surface area contributed by atoms with Crippen LogP contribution in [0.15, 0.2) is 0 Å². The molecule has 0 aromatic rings. The zero-order valence-corrected chi connectivity index (χ0v) is 23.5. The molecule has 3 aliphatic rings. The first-order valence-electron chi connectivity index (χ1n) is 12.9. The molecule has 33 heavy (non-hydrogen) atoms. The summed E-state index contributed by atoms with van der Waals surface area (Å²) in [5.41, 5.74) is -2.08. The third kappa shape index (κ3) is 13.1. The van der Waals surface area contributed by atoms with Gasteiger partial charge in [-0.1, -0.05) is 65.7 Å². The molecule has 0 aliphatic heterocycles. The van der Waals surface area contributed by atoms with Crippen molar-refractivity contribution in [1.82, 2.24) is 0 Å². The molecule has 0 saturated heterocycles. The number of unbranched alkanes of at least 4 members (excludes halogenated alkanes) is 2. The largest absolute Gasteiger partial charge is 0.741 e. The Morgan fingerprint density at radius 1 is 0.758 bits per heavy atom. The Hall–Kier alpha value is 0.792. The molecule has 3 fully saturated rings. The zero-order valence-electron chi connectivity index (χ0n) is 20.2. The number of halogens is 3. The fourth-order valence-electron chi connectivity index (χ4n) is 5.36. The molecule has 3 rings (SSSR count). The Morgan fingerprint density at radius 3 is 1.24 bits per heavy atom. The maximum Gasteiger partial charge on any atom is 0.485 e. The molecule has 0 bridgehead atoms. The minimum atomic E-state index is -6.09. The maximum absolute atomic E-state index is 10.7. The first-order chi connectivity index (χ1) is 15.6. The predicted molar refractivity (Wildman–Crippen MR) is 128 cm³/mol. The molecule has 0 atom stereocenters. The van der Waals surface area contributed by atoms with E-state index >= 15 is 0 Å². The first kappa shape index (κ1) is 31.8. The van der Waals surface area contributed by atoms with Crippen molar-refractivity contribution in [2.24, 2.45) is 0 Å². The van der Waals surface area contributed by atoms with Crippen LogP contribution in [0, 0.1) is 0 Å². The Morgan fingerprint density at radius 2 is 1.06 bits per heavy atom. The maximum atomic E-state index is 10.7. The van der Waals surface area contributed by atoms with Crippen LogP contribution in [-0.4, -0.2) is 35.5 Å². The van der Waals surface area contributed by atoms with Crippen molar-refractivity contribution in [2.45, 2.75) is 150 Å². The molecule has 3 nitrogen and oxygen atoms in total. The summed E-state index contributed by atoms with van der Waals surface area (Å²) in [4.78, 5) is 1.20. The summed E-state index contributed by atoms with van der Waals surface area (Å²) in [5.74, 6) is 0. The number of hydrogen-bond donors (Lipinski definition) is 0. The Labute approximate surface area is 212 Å². The van der Waals surface area contributed by atoms with E-state index in [9.17, 15) is 13.2 Å². The van der Waals surface area contributed by atoms with E-state index in [0.717, 1.165) is 0 Å². The summed E-state index contributed by atoms with van der Waals surface area (Å²) in [6.07, 6.45) is 27.7. The summed E-state index contributed by atoms with van der Waals surface area (Å²) in [7, 11) is -5.71. The molecule has 0 N–H and O–H groups in total. The third-order valence-corrected chi connectivity index (χ3v) is 12.2. The standard InChI is InChI=1S/C18H33P.C5H11.CHF3O3S.Pd/c1-4-10-16(11-5-1)19(17-12-6-2-7-13-17)18-14-8-3-9-15-18;1-3-5-4-2;2-1(3,4)8(5,6)7;/h16-18H,1-15H2;1,3-5H2,2H3;(H,5,6,7);/q;;;+1/p-1. The van der Waals surface area contributed by atoms with Crippen molar-refractivity contribution >= 4 is 18.0 Å².